The average molecular weight is 337 g/mol. The van der Waals surface area contributed by atoms with Crippen LogP contribution >= 0.6 is 24.0 Å². The lowest BCUT2D eigenvalue weighted by Gasteiger charge is -2.08. The summed E-state index contributed by atoms with van der Waals surface area (Å²) in [7, 11) is 1.91. The van der Waals surface area contributed by atoms with E-state index in [1.54, 1.807) is 4.68 Å². The van der Waals surface area contributed by atoms with Crippen LogP contribution in [0.2, 0.25) is 0 Å². The van der Waals surface area contributed by atoms with Gasteiger partial charge in [0.15, 0.2) is 5.96 Å². The number of hydrogen-bond donors (Lipinski definition) is 2. The normalized spacial score (nSPS) is 9.19. The Labute approximate surface area is 114 Å². The monoisotopic (exact) mass is 337 g/mol. The Morgan fingerprint density at radius 2 is 2.00 bits per heavy atom. The van der Waals surface area contributed by atoms with Crippen LogP contribution < -0.4 is 10.6 Å². The van der Waals surface area contributed by atoms with Gasteiger partial charge >= 0.3 is 0 Å². The number of rotatable bonds is 4. The molecule has 2 N–H and O–H groups in total. The second-order valence-electron chi connectivity index (χ2n) is 3.25. The molecule has 0 aliphatic heterocycles. The van der Waals surface area contributed by atoms with Gasteiger partial charge in [0.05, 0.1) is 12.7 Å². The summed E-state index contributed by atoms with van der Waals surface area (Å²) in [6.45, 7) is 6.51. The highest BCUT2D eigenvalue weighted by molar-refractivity contribution is 14.0. The van der Waals surface area contributed by atoms with Crippen molar-refractivity contribution >= 4 is 29.9 Å². The summed E-state index contributed by atoms with van der Waals surface area (Å²) in [5, 5.41) is 10.4. The fourth-order valence-corrected chi connectivity index (χ4v) is 1.23. The second kappa shape index (κ2) is 8.37. The lowest BCUT2D eigenvalue weighted by Crippen LogP contribution is -2.36. The molecule has 92 valence electrons. The van der Waals surface area contributed by atoms with Crippen molar-refractivity contribution in [2.75, 3.05) is 13.1 Å². The van der Waals surface area contributed by atoms with Crippen molar-refractivity contribution in [1.82, 2.24) is 20.4 Å². The van der Waals surface area contributed by atoms with Gasteiger partial charge < -0.3 is 10.6 Å². The highest BCUT2D eigenvalue weighted by Gasteiger charge is 1.96. The van der Waals surface area contributed by atoms with E-state index < -0.39 is 0 Å². The molecular weight excluding hydrogens is 317 g/mol. The maximum Gasteiger partial charge on any atom is 0.191 e. The molecule has 1 aromatic heterocycles. The summed E-state index contributed by atoms with van der Waals surface area (Å²) in [5.74, 6) is 0.851. The summed E-state index contributed by atoms with van der Waals surface area (Å²) in [5.41, 5.74) is 1.12. The minimum absolute atomic E-state index is 0. The van der Waals surface area contributed by atoms with Gasteiger partial charge in [-0.3, -0.25) is 4.68 Å². The van der Waals surface area contributed by atoms with E-state index in [4.69, 9.17) is 0 Å². The largest absolute Gasteiger partial charge is 0.357 e. The fraction of sp³-hybridized carbons (Fsp3) is 0.600. The van der Waals surface area contributed by atoms with Gasteiger partial charge in [-0.1, -0.05) is 0 Å². The predicted octanol–water partition coefficient (Wildman–Crippen LogP) is 1.11. The summed E-state index contributed by atoms with van der Waals surface area (Å²) in [4.78, 5) is 4.43. The molecule has 0 aliphatic carbocycles. The molecule has 0 unspecified atom stereocenters. The third-order valence-corrected chi connectivity index (χ3v) is 1.87. The van der Waals surface area contributed by atoms with Crippen molar-refractivity contribution < 1.29 is 0 Å². The molecule has 0 spiro atoms. The number of hydrogen-bond acceptors (Lipinski definition) is 2. The van der Waals surface area contributed by atoms with E-state index in [0.717, 1.165) is 24.6 Å². The molecule has 5 nitrogen and oxygen atoms in total. The maximum atomic E-state index is 4.43. The molecule has 0 atom stereocenters. The van der Waals surface area contributed by atoms with Crippen LogP contribution in [-0.4, -0.2) is 28.8 Å². The first-order chi connectivity index (χ1) is 7.26. The zero-order chi connectivity index (χ0) is 11.1. The van der Waals surface area contributed by atoms with Gasteiger partial charge in [-0.25, -0.2) is 4.99 Å². The van der Waals surface area contributed by atoms with Gasteiger partial charge in [-0.15, -0.1) is 24.0 Å². The molecule has 0 saturated heterocycles. The van der Waals surface area contributed by atoms with E-state index in [2.05, 4.69) is 34.6 Å². The Bertz CT molecular complexity index is 313. The number of aromatic nitrogens is 2. The van der Waals surface area contributed by atoms with E-state index in [1.807, 2.05) is 19.4 Å². The summed E-state index contributed by atoms with van der Waals surface area (Å²) in [6, 6.07) is 0. The SMILES string of the molecule is CCNC(=NCc1cnn(C)c1)NCC.I. The molecule has 0 amide bonds. The van der Waals surface area contributed by atoms with Crippen molar-refractivity contribution in [1.29, 1.82) is 0 Å². The van der Waals surface area contributed by atoms with Crippen molar-refractivity contribution in [3.63, 3.8) is 0 Å². The van der Waals surface area contributed by atoms with E-state index in [1.165, 1.54) is 0 Å². The first-order valence-electron chi connectivity index (χ1n) is 5.26. The Kier molecular flexibility index (Phi) is 7.96. The van der Waals surface area contributed by atoms with Gasteiger partial charge in [0, 0.05) is 31.9 Å². The maximum absolute atomic E-state index is 4.43. The van der Waals surface area contributed by atoms with Gasteiger partial charge in [0.25, 0.3) is 0 Å². The first-order valence-corrected chi connectivity index (χ1v) is 5.26. The molecule has 0 aromatic carbocycles. The molecule has 1 aromatic rings. The predicted molar refractivity (Wildman–Crippen MR) is 77.1 cm³/mol. The number of nitrogens with zero attached hydrogens (tertiary/aromatic N) is 3. The van der Waals surface area contributed by atoms with Crippen molar-refractivity contribution in [2.24, 2.45) is 12.0 Å². The molecular formula is C10H20IN5. The quantitative estimate of drug-likeness (QED) is 0.492. The lowest BCUT2D eigenvalue weighted by molar-refractivity contribution is 0.766. The van der Waals surface area contributed by atoms with Gasteiger partial charge in [0.1, 0.15) is 0 Å². The fourth-order valence-electron chi connectivity index (χ4n) is 1.23. The molecule has 16 heavy (non-hydrogen) atoms. The number of aliphatic imine (C=N–C) groups is 1. The van der Waals surface area contributed by atoms with Crippen LogP contribution in [0.3, 0.4) is 0 Å². The number of aryl methyl sites for hydroxylation is 1. The van der Waals surface area contributed by atoms with Crippen molar-refractivity contribution in [2.45, 2.75) is 20.4 Å². The van der Waals surface area contributed by atoms with E-state index in [9.17, 15) is 0 Å². The van der Waals surface area contributed by atoms with Crippen LogP contribution in [0.1, 0.15) is 19.4 Å². The van der Waals surface area contributed by atoms with Crippen LogP contribution in [-0.2, 0) is 13.6 Å². The van der Waals surface area contributed by atoms with Crippen LogP contribution in [0, 0.1) is 0 Å². The van der Waals surface area contributed by atoms with E-state index in [-0.39, 0.29) is 24.0 Å². The Morgan fingerprint density at radius 1 is 1.38 bits per heavy atom. The van der Waals surface area contributed by atoms with Crippen LogP contribution in [0.15, 0.2) is 17.4 Å². The zero-order valence-corrected chi connectivity index (χ0v) is 12.4. The minimum Gasteiger partial charge on any atom is -0.357 e. The summed E-state index contributed by atoms with van der Waals surface area (Å²) < 4.78 is 1.78. The highest BCUT2D eigenvalue weighted by atomic mass is 127. The van der Waals surface area contributed by atoms with Crippen LogP contribution in [0.5, 0.6) is 0 Å². The Hall–Kier alpha value is -0.790. The number of nitrogens with one attached hydrogen (secondary N) is 2. The molecule has 0 radical (unpaired) electrons. The molecule has 0 aliphatic rings. The molecule has 1 rings (SSSR count). The molecule has 0 saturated carbocycles. The summed E-state index contributed by atoms with van der Waals surface area (Å²) >= 11 is 0. The molecule has 6 heteroatoms. The summed E-state index contributed by atoms with van der Waals surface area (Å²) in [6.07, 6.45) is 3.80. The van der Waals surface area contributed by atoms with E-state index in [0.29, 0.717) is 6.54 Å². The van der Waals surface area contributed by atoms with Crippen LogP contribution in [0.25, 0.3) is 0 Å². The van der Waals surface area contributed by atoms with E-state index >= 15 is 0 Å². The Balaban J connectivity index is 0.00000225. The second-order valence-corrected chi connectivity index (χ2v) is 3.25. The first kappa shape index (κ1) is 15.2. The average Bonchev–Trinajstić information content (AvgIpc) is 2.61. The van der Waals surface area contributed by atoms with Crippen LogP contribution in [0.4, 0.5) is 0 Å². The van der Waals surface area contributed by atoms with Gasteiger partial charge in [-0.2, -0.15) is 5.10 Å². The lowest BCUT2D eigenvalue weighted by atomic mass is 10.4. The smallest absolute Gasteiger partial charge is 0.191 e. The third-order valence-electron chi connectivity index (χ3n) is 1.87. The number of halogens is 1. The molecule has 0 fully saturated rings. The van der Waals surface area contributed by atoms with Gasteiger partial charge in [-0.05, 0) is 13.8 Å². The minimum atomic E-state index is 0. The van der Waals surface area contributed by atoms with Crippen molar-refractivity contribution in [3.8, 4) is 0 Å². The topological polar surface area (TPSA) is 54.2 Å². The standard InChI is InChI=1S/C10H19N5.HI/c1-4-11-10(12-5-2)13-6-9-7-14-15(3)8-9;/h7-8H,4-6H2,1-3H3,(H2,11,12,13);1H. The van der Waals surface area contributed by atoms with Crippen molar-refractivity contribution in [3.05, 3.63) is 18.0 Å². The zero-order valence-electron chi connectivity index (χ0n) is 10.0. The number of guanidine groups is 1. The molecule has 0 bridgehead atoms. The molecule has 1 heterocycles. The highest BCUT2D eigenvalue weighted by Crippen LogP contribution is 1.97. The third kappa shape index (κ3) is 5.34. The Morgan fingerprint density at radius 3 is 2.44 bits per heavy atom. The van der Waals surface area contributed by atoms with Gasteiger partial charge in [0.2, 0.25) is 0 Å².